The lowest BCUT2D eigenvalue weighted by Gasteiger charge is -2.37. The van der Waals surface area contributed by atoms with E-state index in [9.17, 15) is 9.59 Å². The number of carbonyl (C=O) groups excluding carboxylic acids is 2. The number of hydrogen-bond donors (Lipinski definition) is 1. The van der Waals surface area contributed by atoms with Crippen LogP contribution in [0.15, 0.2) is 91.3 Å². The highest BCUT2D eigenvalue weighted by molar-refractivity contribution is 5.84. The Balaban J connectivity index is 1.33. The number of rotatable bonds is 12. The molecule has 6 rings (SSSR count). The van der Waals surface area contributed by atoms with E-state index in [-0.39, 0.29) is 30.4 Å². The molecule has 0 unspecified atom stereocenters. The Hall–Kier alpha value is -5.80. The maximum absolute atomic E-state index is 15.6. The zero-order valence-electron chi connectivity index (χ0n) is 31.2. The molecule has 3 aromatic carbocycles. The first-order valence-corrected chi connectivity index (χ1v) is 17.8. The molecule has 0 spiro atoms. The topological polar surface area (TPSA) is 127 Å². The first-order valence-electron chi connectivity index (χ1n) is 17.8. The summed E-state index contributed by atoms with van der Waals surface area (Å²) in [5.74, 6) is 1.37. The van der Waals surface area contributed by atoms with Crippen LogP contribution in [0.25, 0.3) is 11.2 Å². The molecular formula is C42H44FN5O6. The minimum absolute atomic E-state index is 0.144. The molecule has 1 N–H and O–H groups in total. The summed E-state index contributed by atoms with van der Waals surface area (Å²) in [6, 6.07) is 27.3. The largest absolute Gasteiger partial charge is 0.497 e. The van der Waals surface area contributed by atoms with Crippen molar-refractivity contribution in [2.24, 2.45) is 11.8 Å². The zero-order chi connectivity index (χ0) is 38.7. The van der Waals surface area contributed by atoms with Crippen LogP contribution >= 0.6 is 0 Å². The molecular weight excluding hydrogens is 689 g/mol. The number of methoxy groups -OCH3 is 1. The smallest absolute Gasteiger partial charge is 0.312 e. The van der Waals surface area contributed by atoms with Crippen molar-refractivity contribution in [2.75, 3.05) is 19.0 Å². The van der Waals surface area contributed by atoms with Gasteiger partial charge in [-0.2, -0.15) is 14.4 Å². The highest BCUT2D eigenvalue weighted by atomic mass is 19.1. The SMILES string of the molecule is C#C[C@]1(COC(=O)[C@H](C)CC(=O)OC(C)(C)C)O[C@@H](n2cnc3c(NC(c4ccccc4)(c4ccccc4)c4ccc(OC)cc4)nc(F)nc32)C[C@@H]1C. The third-order valence-corrected chi connectivity index (χ3v) is 9.61. The summed E-state index contributed by atoms with van der Waals surface area (Å²) in [5.41, 5.74) is 0.0221. The standard InChI is InChI=1S/C42H44FN5O6/c1-8-41(25-52-38(50)27(2)23-34(49)54-40(4,5)6)28(3)24-33(53-41)48-26-44-35-36(45-39(43)46-37(35)48)47-42(29-15-11-9-12-16-29,30-17-13-10-14-18-30)31-19-21-32(51-7)22-20-31/h1,9-22,26-28,33H,23-25H2,2-7H3,(H,45,46,47)/t27-,28+,33-,41-/m1/s1. The van der Waals surface area contributed by atoms with Gasteiger partial charge in [0.15, 0.2) is 22.6 Å². The molecule has 54 heavy (non-hydrogen) atoms. The number of imidazole rings is 1. The molecule has 0 amide bonds. The van der Waals surface area contributed by atoms with Gasteiger partial charge in [-0.1, -0.05) is 92.6 Å². The van der Waals surface area contributed by atoms with Gasteiger partial charge in [0.2, 0.25) is 0 Å². The van der Waals surface area contributed by atoms with Crippen LogP contribution in [0.1, 0.15) is 70.4 Å². The van der Waals surface area contributed by atoms with Crippen LogP contribution in [-0.4, -0.2) is 56.4 Å². The van der Waals surface area contributed by atoms with Crippen LogP contribution in [0.2, 0.25) is 0 Å². The zero-order valence-corrected chi connectivity index (χ0v) is 31.2. The molecule has 280 valence electrons. The molecule has 4 atom stereocenters. The number of nitrogens with zero attached hydrogens (tertiary/aromatic N) is 4. The maximum Gasteiger partial charge on any atom is 0.312 e. The Labute approximate surface area is 314 Å². The molecule has 11 nitrogen and oxygen atoms in total. The summed E-state index contributed by atoms with van der Waals surface area (Å²) in [7, 11) is 1.61. The second-order valence-electron chi connectivity index (χ2n) is 14.5. The number of nitrogens with one attached hydrogen (secondary N) is 1. The van der Waals surface area contributed by atoms with E-state index in [0.29, 0.717) is 17.7 Å². The van der Waals surface area contributed by atoms with E-state index in [1.807, 2.05) is 91.9 Å². The number of ether oxygens (including phenoxy) is 4. The lowest BCUT2D eigenvalue weighted by molar-refractivity contribution is -0.165. The number of carbonyl (C=O) groups is 2. The quantitative estimate of drug-likeness (QED) is 0.0608. The molecule has 2 aromatic heterocycles. The molecule has 1 aliphatic rings. The minimum atomic E-state index is -1.31. The van der Waals surface area contributed by atoms with Crippen LogP contribution in [-0.2, 0) is 29.3 Å². The predicted molar refractivity (Wildman–Crippen MR) is 201 cm³/mol. The van der Waals surface area contributed by atoms with Gasteiger partial charge in [0.25, 0.3) is 0 Å². The highest BCUT2D eigenvalue weighted by Gasteiger charge is 2.48. The Morgan fingerprint density at radius 2 is 1.63 bits per heavy atom. The van der Waals surface area contributed by atoms with Crippen LogP contribution in [0, 0.1) is 30.3 Å². The lowest BCUT2D eigenvalue weighted by Crippen LogP contribution is -2.39. The number of benzene rings is 3. The number of esters is 2. The normalized spacial score (nSPS) is 19.1. The lowest BCUT2D eigenvalue weighted by atomic mass is 9.77. The van der Waals surface area contributed by atoms with E-state index < -0.39 is 46.9 Å². The number of fused-ring (bicyclic) bond motifs is 1. The predicted octanol–water partition coefficient (Wildman–Crippen LogP) is 7.22. The molecule has 5 aromatic rings. The van der Waals surface area contributed by atoms with Gasteiger partial charge in [-0.3, -0.25) is 14.2 Å². The first kappa shape index (κ1) is 37.9. The molecule has 0 bridgehead atoms. The van der Waals surface area contributed by atoms with E-state index >= 15 is 4.39 Å². The summed E-state index contributed by atoms with van der Waals surface area (Å²) in [6.07, 6.45) is 6.09. The molecule has 3 heterocycles. The second-order valence-corrected chi connectivity index (χ2v) is 14.5. The van der Waals surface area contributed by atoms with Crippen LogP contribution in [0.4, 0.5) is 10.2 Å². The summed E-state index contributed by atoms with van der Waals surface area (Å²) in [4.78, 5) is 38.3. The van der Waals surface area contributed by atoms with Gasteiger partial charge in [-0.05, 0) is 56.0 Å². The van der Waals surface area contributed by atoms with E-state index in [4.69, 9.17) is 25.4 Å². The van der Waals surface area contributed by atoms with Crippen molar-refractivity contribution in [2.45, 2.75) is 70.4 Å². The first-order chi connectivity index (χ1) is 25.8. The fraction of sp³-hybridized carbons (Fsp3) is 0.357. The monoisotopic (exact) mass is 733 g/mol. The van der Waals surface area contributed by atoms with Crippen LogP contribution in [0.5, 0.6) is 5.75 Å². The van der Waals surface area contributed by atoms with Crippen molar-refractivity contribution in [1.29, 1.82) is 0 Å². The van der Waals surface area contributed by atoms with E-state index in [2.05, 4.69) is 26.2 Å². The number of aromatic nitrogens is 4. The summed E-state index contributed by atoms with van der Waals surface area (Å²) in [5, 5.41) is 3.60. The maximum atomic E-state index is 15.6. The van der Waals surface area contributed by atoms with Gasteiger partial charge >= 0.3 is 18.0 Å². The Bertz CT molecular complexity index is 2110. The Kier molecular flexibility index (Phi) is 10.7. The molecule has 0 saturated carbocycles. The number of halogens is 1. The minimum Gasteiger partial charge on any atom is -0.497 e. The molecule has 0 aliphatic carbocycles. The molecule has 12 heteroatoms. The van der Waals surface area contributed by atoms with Crippen molar-refractivity contribution >= 4 is 28.9 Å². The molecule has 1 saturated heterocycles. The van der Waals surface area contributed by atoms with Gasteiger partial charge < -0.3 is 24.3 Å². The fourth-order valence-electron chi connectivity index (χ4n) is 6.80. The average molecular weight is 734 g/mol. The average Bonchev–Trinajstić information content (AvgIpc) is 3.73. The van der Waals surface area contributed by atoms with Crippen molar-refractivity contribution in [1.82, 2.24) is 19.5 Å². The van der Waals surface area contributed by atoms with Gasteiger partial charge in [-0.15, -0.1) is 6.42 Å². The van der Waals surface area contributed by atoms with E-state index in [1.54, 1.807) is 39.4 Å². The third-order valence-electron chi connectivity index (χ3n) is 9.61. The Morgan fingerprint density at radius 1 is 1.02 bits per heavy atom. The van der Waals surface area contributed by atoms with Crippen molar-refractivity contribution in [3.8, 4) is 18.1 Å². The summed E-state index contributed by atoms with van der Waals surface area (Å²) < 4.78 is 40.1. The third kappa shape index (κ3) is 7.63. The van der Waals surface area contributed by atoms with Gasteiger partial charge in [-0.25, -0.2) is 4.98 Å². The van der Waals surface area contributed by atoms with Crippen LogP contribution < -0.4 is 10.1 Å². The van der Waals surface area contributed by atoms with Crippen LogP contribution in [0.3, 0.4) is 0 Å². The number of anilines is 1. The molecule has 0 radical (unpaired) electrons. The Morgan fingerprint density at radius 3 is 2.20 bits per heavy atom. The molecule has 1 aliphatic heterocycles. The van der Waals surface area contributed by atoms with Gasteiger partial charge in [0, 0.05) is 5.92 Å². The molecule has 1 fully saturated rings. The fourth-order valence-corrected chi connectivity index (χ4v) is 6.80. The number of hydrogen-bond acceptors (Lipinski definition) is 10. The van der Waals surface area contributed by atoms with E-state index in [1.165, 1.54) is 6.33 Å². The second kappa shape index (κ2) is 15.3. The summed E-state index contributed by atoms with van der Waals surface area (Å²) >= 11 is 0. The van der Waals surface area contributed by atoms with Crippen molar-refractivity contribution < 1.29 is 32.9 Å². The van der Waals surface area contributed by atoms with Crippen molar-refractivity contribution in [3.63, 3.8) is 0 Å². The van der Waals surface area contributed by atoms with Gasteiger partial charge in [0.1, 0.15) is 29.7 Å². The highest BCUT2D eigenvalue weighted by Crippen LogP contribution is 2.44. The van der Waals surface area contributed by atoms with Gasteiger partial charge in [0.05, 0.1) is 25.8 Å². The number of terminal acetylenes is 1. The van der Waals surface area contributed by atoms with Crippen molar-refractivity contribution in [3.05, 3.63) is 114 Å². The van der Waals surface area contributed by atoms with E-state index in [0.717, 1.165) is 16.7 Å². The summed E-state index contributed by atoms with van der Waals surface area (Å²) in [6.45, 7) is 8.50.